The molecule has 5 nitrogen and oxygen atoms in total. The van der Waals surface area contributed by atoms with Gasteiger partial charge in [-0.05, 0) is 43.5 Å². The highest BCUT2D eigenvalue weighted by Gasteiger charge is 2.30. The number of aromatic nitrogens is 2. The van der Waals surface area contributed by atoms with Crippen LogP contribution in [0.5, 0.6) is 0 Å². The first-order chi connectivity index (χ1) is 10.4. The minimum atomic E-state index is 0.137. The number of anilines is 1. The second-order valence-electron chi connectivity index (χ2n) is 5.46. The standard InChI is InChI=1S/C16H16N4O/c17-10-11-3-5-12(6-4-11)20-16-13(7-8-18-16)15(19-20)14-2-1-9-21-14/h3-6,14,18H,1-2,7-9H2. The van der Waals surface area contributed by atoms with Gasteiger partial charge in [0.15, 0.2) is 0 Å². The first kappa shape index (κ1) is 12.4. The zero-order valence-electron chi connectivity index (χ0n) is 11.7. The summed E-state index contributed by atoms with van der Waals surface area (Å²) in [5.74, 6) is 1.07. The van der Waals surface area contributed by atoms with Crippen molar-refractivity contribution >= 4 is 5.82 Å². The Morgan fingerprint density at radius 2 is 2.19 bits per heavy atom. The number of rotatable bonds is 2. The van der Waals surface area contributed by atoms with Gasteiger partial charge in [-0.15, -0.1) is 0 Å². The van der Waals surface area contributed by atoms with E-state index in [9.17, 15) is 0 Å². The molecule has 1 unspecified atom stereocenters. The van der Waals surface area contributed by atoms with Crippen molar-refractivity contribution < 1.29 is 4.74 Å². The van der Waals surface area contributed by atoms with Crippen molar-refractivity contribution in [2.45, 2.75) is 25.4 Å². The maximum atomic E-state index is 8.90. The van der Waals surface area contributed by atoms with Crippen molar-refractivity contribution in [2.75, 3.05) is 18.5 Å². The van der Waals surface area contributed by atoms with E-state index in [1.165, 1.54) is 5.56 Å². The van der Waals surface area contributed by atoms with Crippen molar-refractivity contribution in [1.82, 2.24) is 9.78 Å². The summed E-state index contributed by atoms with van der Waals surface area (Å²) in [6.07, 6.45) is 3.30. The van der Waals surface area contributed by atoms with Crippen molar-refractivity contribution in [3.63, 3.8) is 0 Å². The molecular formula is C16H16N4O. The summed E-state index contributed by atoms with van der Waals surface area (Å²) >= 11 is 0. The van der Waals surface area contributed by atoms with Gasteiger partial charge >= 0.3 is 0 Å². The SMILES string of the molecule is N#Cc1ccc(-n2nc(C3CCCO3)c3c2NCC3)cc1. The molecule has 4 rings (SSSR count). The number of nitriles is 1. The quantitative estimate of drug-likeness (QED) is 0.918. The Balaban J connectivity index is 1.78. The van der Waals surface area contributed by atoms with Gasteiger partial charge in [0.05, 0.1) is 23.0 Å². The summed E-state index contributed by atoms with van der Waals surface area (Å²) in [7, 11) is 0. The van der Waals surface area contributed by atoms with Crippen LogP contribution in [0, 0.1) is 11.3 Å². The van der Waals surface area contributed by atoms with Crippen LogP contribution in [0.2, 0.25) is 0 Å². The maximum Gasteiger partial charge on any atom is 0.133 e. The molecule has 0 radical (unpaired) electrons. The van der Waals surface area contributed by atoms with Gasteiger partial charge in [-0.2, -0.15) is 10.4 Å². The molecule has 0 aliphatic carbocycles. The zero-order chi connectivity index (χ0) is 14.2. The monoisotopic (exact) mass is 280 g/mol. The number of fused-ring (bicyclic) bond motifs is 1. The fourth-order valence-corrected chi connectivity index (χ4v) is 3.12. The van der Waals surface area contributed by atoms with E-state index in [0.717, 1.165) is 49.6 Å². The number of benzene rings is 1. The molecule has 106 valence electrons. The Morgan fingerprint density at radius 3 is 2.90 bits per heavy atom. The molecule has 0 spiro atoms. The third-order valence-electron chi connectivity index (χ3n) is 4.16. The fourth-order valence-electron chi connectivity index (χ4n) is 3.12. The lowest BCUT2D eigenvalue weighted by molar-refractivity contribution is 0.107. The molecule has 2 aromatic rings. The van der Waals surface area contributed by atoms with E-state index in [1.54, 1.807) is 0 Å². The third-order valence-corrected chi connectivity index (χ3v) is 4.16. The molecule has 2 aliphatic heterocycles. The predicted octanol–water partition coefficient (Wildman–Crippen LogP) is 2.56. The third kappa shape index (κ3) is 1.99. The number of nitrogens with zero attached hydrogens (tertiary/aromatic N) is 3. The topological polar surface area (TPSA) is 62.9 Å². The highest BCUT2D eigenvalue weighted by molar-refractivity contribution is 5.58. The molecule has 1 atom stereocenters. The molecule has 1 aromatic heterocycles. The minimum Gasteiger partial charge on any atom is -0.372 e. The molecule has 0 amide bonds. The second-order valence-corrected chi connectivity index (χ2v) is 5.46. The summed E-state index contributed by atoms with van der Waals surface area (Å²) in [5, 5.41) is 17.1. The van der Waals surface area contributed by atoms with Crippen LogP contribution in [0.4, 0.5) is 5.82 Å². The van der Waals surface area contributed by atoms with Crippen molar-refractivity contribution in [3.05, 3.63) is 41.1 Å². The van der Waals surface area contributed by atoms with Gasteiger partial charge in [-0.25, -0.2) is 4.68 Å². The molecule has 2 aliphatic rings. The smallest absolute Gasteiger partial charge is 0.133 e. The van der Waals surface area contributed by atoms with Crippen LogP contribution in [0.15, 0.2) is 24.3 Å². The summed E-state index contributed by atoms with van der Waals surface area (Å²) < 4.78 is 7.75. The van der Waals surface area contributed by atoms with Crippen molar-refractivity contribution in [3.8, 4) is 11.8 Å². The summed E-state index contributed by atoms with van der Waals surface area (Å²) in [4.78, 5) is 0. The van der Waals surface area contributed by atoms with Gasteiger partial charge in [-0.3, -0.25) is 0 Å². The average molecular weight is 280 g/mol. The van der Waals surface area contributed by atoms with E-state index < -0.39 is 0 Å². The van der Waals surface area contributed by atoms with Gasteiger partial charge < -0.3 is 10.1 Å². The molecule has 1 aromatic carbocycles. The summed E-state index contributed by atoms with van der Waals surface area (Å²) in [6, 6.07) is 9.66. The van der Waals surface area contributed by atoms with Crippen LogP contribution in [-0.4, -0.2) is 22.9 Å². The zero-order valence-corrected chi connectivity index (χ0v) is 11.7. The lowest BCUT2D eigenvalue weighted by Crippen LogP contribution is -2.06. The first-order valence-corrected chi connectivity index (χ1v) is 7.34. The lowest BCUT2D eigenvalue weighted by atomic mass is 10.1. The Kier molecular flexibility index (Phi) is 2.90. The number of hydrogen-bond donors (Lipinski definition) is 1. The molecule has 1 fully saturated rings. The predicted molar refractivity (Wildman–Crippen MR) is 78.4 cm³/mol. The fraction of sp³-hybridized carbons (Fsp3) is 0.375. The van der Waals surface area contributed by atoms with Gasteiger partial charge in [0.25, 0.3) is 0 Å². The van der Waals surface area contributed by atoms with E-state index in [1.807, 2.05) is 28.9 Å². The maximum absolute atomic E-state index is 8.90. The first-order valence-electron chi connectivity index (χ1n) is 7.34. The molecule has 3 heterocycles. The molecule has 0 bridgehead atoms. The van der Waals surface area contributed by atoms with Crippen LogP contribution in [0.3, 0.4) is 0 Å². The van der Waals surface area contributed by atoms with Crippen LogP contribution in [0.25, 0.3) is 5.69 Å². The highest BCUT2D eigenvalue weighted by Crippen LogP contribution is 2.36. The van der Waals surface area contributed by atoms with Gasteiger partial charge in [0, 0.05) is 18.7 Å². The van der Waals surface area contributed by atoms with Gasteiger partial charge in [0.2, 0.25) is 0 Å². The van der Waals surface area contributed by atoms with E-state index >= 15 is 0 Å². The lowest BCUT2D eigenvalue weighted by Gasteiger charge is -2.08. The van der Waals surface area contributed by atoms with Gasteiger partial charge in [-0.1, -0.05) is 0 Å². The average Bonchev–Trinajstić information content (AvgIpc) is 3.24. The second kappa shape index (κ2) is 4.90. The Morgan fingerprint density at radius 1 is 1.33 bits per heavy atom. The Hall–Kier alpha value is -2.32. The molecule has 1 saturated heterocycles. The summed E-state index contributed by atoms with van der Waals surface area (Å²) in [6.45, 7) is 1.78. The molecule has 0 saturated carbocycles. The minimum absolute atomic E-state index is 0.137. The van der Waals surface area contributed by atoms with Crippen LogP contribution in [0.1, 0.15) is 35.8 Å². The Labute approximate surface area is 123 Å². The van der Waals surface area contributed by atoms with E-state index in [4.69, 9.17) is 15.1 Å². The van der Waals surface area contributed by atoms with Crippen LogP contribution < -0.4 is 5.32 Å². The molecule has 5 heteroatoms. The van der Waals surface area contributed by atoms with Crippen molar-refractivity contribution in [1.29, 1.82) is 5.26 Å². The highest BCUT2D eigenvalue weighted by atomic mass is 16.5. The largest absolute Gasteiger partial charge is 0.372 e. The molecular weight excluding hydrogens is 264 g/mol. The summed E-state index contributed by atoms with van der Waals surface area (Å²) in [5.41, 5.74) is 4.00. The van der Waals surface area contributed by atoms with E-state index in [2.05, 4.69) is 11.4 Å². The number of hydrogen-bond acceptors (Lipinski definition) is 4. The van der Waals surface area contributed by atoms with Gasteiger partial charge in [0.1, 0.15) is 11.9 Å². The van der Waals surface area contributed by atoms with Crippen LogP contribution in [-0.2, 0) is 11.2 Å². The Bertz CT molecular complexity index is 705. The molecule has 21 heavy (non-hydrogen) atoms. The van der Waals surface area contributed by atoms with E-state index in [0.29, 0.717) is 5.56 Å². The van der Waals surface area contributed by atoms with E-state index in [-0.39, 0.29) is 6.10 Å². The number of nitrogens with one attached hydrogen (secondary N) is 1. The number of ether oxygens (including phenoxy) is 1. The normalized spacial score (nSPS) is 20.0. The van der Waals surface area contributed by atoms with Crippen LogP contribution >= 0.6 is 0 Å². The molecule has 1 N–H and O–H groups in total. The van der Waals surface area contributed by atoms with Crippen molar-refractivity contribution in [2.24, 2.45) is 0 Å².